The van der Waals surface area contributed by atoms with Gasteiger partial charge in [0, 0.05) is 12.6 Å². The zero-order valence-corrected chi connectivity index (χ0v) is 11.5. The zero-order chi connectivity index (χ0) is 13.8. The van der Waals surface area contributed by atoms with E-state index in [1.807, 2.05) is 13.8 Å². The molecule has 0 aromatic heterocycles. The molecule has 0 bridgehead atoms. The largest absolute Gasteiger partial charge is 0.480 e. The first-order chi connectivity index (χ1) is 8.45. The van der Waals surface area contributed by atoms with Gasteiger partial charge in [0.15, 0.2) is 0 Å². The smallest absolute Gasteiger partial charge is 0.329 e. The van der Waals surface area contributed by atoms with Gasteiger partial charge in [-0.1, -0.05) is 13.8 Å². The second-order valence-electron chi connectivity index (χ2n) is 5.15. The number of aliphatic carboxylic acids is 1. The van der Waals surface area contributed by atoms with Gasteiger partial charge in [-0.3, -0.25) is 0 Å². The maximum Gasteiger partial charge on any atom is 0.329 e. The van der Waals surface area contributed by atoms with E-state index in [0.717, 1.165) is 25.7 Å². The normalized spacial score (nSPS) is 24.1. The number of carbonyl (C=O) groups excluding carboxylic acids is 1. The van der Waals surface area contributed by atoms with Crippen LogP contribution in [0.2, 0.25) is 0 Å². The van der Waals surface area contributed by atoms with Crippen LogP contribution >= 0.6 is 0 Å². The maximum absolute atomic E-state index is 12.2. The molecule has 0 radical (unpaired) electrons. The molecule has 2 N–H and O–H groups in total. The number of nitrogens with one attached hydrogen (secondary N) is 1. The van der Waals surface area contributed by atoms with Gasteiger partial charge >= 0.3 is 12.0 Å². The van der Waals surface area contributed by atoms with E-state index in [4.69, 9.17) is 0 Å². The number of carboxylic acids is 1. The lowest BCUT2D eigenvalue weighted by atomic mass is 9.89. The predicted octanol–water partition coefficient (Wildman–Crippen LogP) is 2.21. The fourth-order valence-electron chi connectivity index (χ4n) is 2.41. The Kier molecular flexibility index (Phi) is 4.99. The van der Waals surface area contributed by atoms with Gasteiger partial charge < -0.3 is 15.3 Å². The van der Waals surface area contributed by atoms with Crippen molar-refractivity contribution in [2.24, 2.45) is 0 Å². The van der Waals surface area contributed by atoms with Gasteiger partial charge in [0.25, 0.3) is 0 Å². The highest BCUT2D eigenvalue weighted by Gasteiger charge is 2.44. The van der Waals surface area contributed by atoms with Gasteiger partial charge in [-0.2, -0.15) is 0 Å². The van der Waals surface area contributed by atoms with Crippen LogP contribution in [-0.2, 0) is 4.79 Å². The molecule has 2 amide bonds. The predicted molar refractivity (Wildman–Crippen MR) is 69.5 cm³/mol. The molecule has 1 rings (SSSR count). The third kappa shape index (κ3) is 2.94. The summed E-state index contributed by atoms with van der Waals surface area (Å²) in [5.41, 5.74) is -1.06. The minimum absolute atomic E-state index is 0.123. The van der Waals surface area contributed by atoms with Crippen molar-refractivity contribution in [3.05, 3.63) is 0 Å². The minimum atomic E-state index is -1.06. The molecule has 1 aliphatic heterocycles. The van der Waals surface area contributed by atoms with Crippen LogP contribution in [0, 0.1) is 0 Å². The van der Waals surface area contributed by atoms with Crippen molar-refractivity contribution in [2.45, 2.75) is 64.5 Å². The van der Waals surface area contributed by atoms with Crippen LogP contribution in [0.5, 0.6) is 0 Å². The molecular formula is C13H24N2O3. The van der Waals surface area contributed by atoms with Gasteiger partial charge in [-0.25, -0.2) is 9.59 Å². The molecule has 1 saturated heterocycles. The highest BCUT2D eigenvalue weighted by atomic mass is 16.4. The Morgan fingerprint density at radius 1 is 1.33 bits per heavy atom. The van der Waals surface area contributed by atoms with Crippen molar-refractivity contribution in [2.75, 3.05) is 6.54 Å². The standard InChI is InChI=1S/C13H24N2O3/c1-4-10(5-2)14-12(18)15-9-7-6-8-13(15,3)11(16)17/h10H,4-9H2,1-3H3,(H,14,18)(H,16,17). The van der Waals surface area contributed by atoms with Crippen LogP contribution in [0.4, 0.5) is 4.79 Å². The summed E-state index contributed by atoms with van der Waals surface area (Å²) in [5.74, 6) is -0.915. The molecule has 0 aliphatic carbocycles. The Morgan fingerprint density at radius 3 is 2.44 bits per heavy atom. The minimum Gasteiger partial charge on any atom is -0.480 e. The lowest BCUT2D eigenvalue weighted by Crippen LogP contribution is -2.60. The first-order valence-electron chi connectivity index (χ1n) is 6.77. The summed E-state index contributed by atoms with van der Waals surface area (Å²) < 4.78 is 0. The van der Waals surface area contributed by atoms with Crippen molar-refractivity contribution in [1.29, 1.82) is 0 Å². The number of carboxylic acid groups (broad SMARTS) is 1. The summed E-state index contributed by atoms with van der Waals surface area (Å²) in [5, 5.41) is 12.3. The van der Waals surface area contributed by atoms with E-state index >= 15 is 0 Å². The molecule has 5 nitrogen and oxygen atoms in total. The summed E-state index contributed by atoms with van der Waals surface area (Å²) >= 11 is 0. The third-order valence-electron chi connectivity index (χ3n) is 3.91. The molecule has 0 spiro atoms. The summed E-state index contributed by atoms with van der Waals surface area (Å²) in [6.07, 6.45) is 3.98. The van der Waals surface area contributed by atoms with Crippen molar-refractivity contribution < 1.29 is 14.7 Å². The number of amides is 2. The Morgan fingerprint density at radius 2 is 1.94 bits per heavy atom. The number of urea groups is 1. The third-order valence-corrected chi connectivity index (χ3v) is 3.91. The molecule has 1 heterocycles. The number of nitrogens with zero attached hydrogens (tertiary/aromatic N) is 1. The lowest BCUT2D eigenvalue weighted by Gasteiger charge is -2.42. The van der Waals surface area contributed by atoms with Crippen LogP contribution in [0.15, 0.2) is 0 Å². The SMILES string of the molecule is CCC(CC)NC(=O)N1CCCCC1(C)C(=O)O. The van der Waals surface area contributed by atoms with Gasteiger partial charge in [0.1, 0.15) is 5.54 Å². The molecule has 1 aliphatic rings. The molecule has 104 valence electrons. The maximum atomic E-state index is 12.2. The fraction of sp³-hybridized carbons (Fsp3) is 0.846. The number of piperidine rings is 1. The summed E-state index contributed by atoms with van der Waals surface area (Å²) in [6, 6.07) is -0.120. The Bertz CT molecular complexity index is 315. The van der Waals surface area contributed by atoms with E-state index in [1.54, 1.807) is 6.92 Å². The number of hydrogen-bond acceptors (Lipinski definition) is 2. The van der Waals surface area contributed by atoms with Crippen molar-refractivity contribution in [1.82, 2.24) is 10.2 Å². The van der Waals surface area contributed by atoms with E-state index in [9.17, 15) is 14.7 Å². The number of hydrogen-bond donors (Lipinski definition) is 2. The van der Waals surface area contributed by atoms with Crippen LogP contribution in [0.25, 0.3) is 0 Å². The van der Waals surface area contributed by atoms with E-state index in [0.29, 0.717) is 13.0 Å². The topological polar surface area (TPSA) is 69.6 Å². The summed E-state index contributed by atoms with van der Waals surface area (Å²) in [6.45, 7) is 6.19. The van der Waals surface area contributed by atoms with Crippen LogP contribution in [0.1, 0.15) is 52.9 Å². The molecule has 5 heteroatoms. The highest BCUT2D eigenvalue weighted by Crippen LogP contribution is 2.28. The monoisotopic (exact) mass is 256 g/mol. The number of rotatable bonds is 4. The summed E-state index contributed by atoms with van der Waals surface area (Å²) in [4.78, 5) is 25.1. The highest BCUT2D eigenvalue weighted by molar-refractivity contribution is 5.86. The van der Waals surface area contributed by atoms with Gasteiger partial charge in [-0.15, -0.1) is 0 Å². The van der Waals surface area contributed by atoms with Crippen LogP contribution in [0.3, 0.4) is 0 Å². The van der Waals surface area contributed by atoms with E-state index in [-0.39, 0.29) is 12.1 Å². The first kappa shape index (κ1) is 14.8. The molecule has 1 fully saturated rings. The second kappa shape index (κ2) is 6.07. The second-order valence-corrected chi connectivity index (χ2v) is 5.15. The van der Waals surface area contributed by atoms with Crippen molar-refractivity contribution in [3.63, 3.8) is 0 Å². The Labute approximate surface area is 109 Å². The average molecular weight is 256 g/mol. The van der Waals surface area contributed by atoms with Gasteiger partial charge in [-0.05, 0) is 39.0 Å². The zero-order valence-electron chi connectivity index (χ0n) is 11.5. The molecular weight excluding hydrogens is 232 g/mol. The fourth-order valence-corrected chi connectivity index (χ4v) is 2.41. The number of likely N-dealkylation sites (tertiary alicyclic amines) is 1. The van der Waals surface area contributed by atoms with Gasteiger partial charge in [0.2, 0.25) is 0 Å². The summed E-state index contributed by atoms with van der Waals surface area (Å²) in [7, 11) is 0. The molecule has 18 heavy (non-hydrogen) atoms. The van der Waals surface area contributed by atoms with Crippen molar-refractivity contribution in [3.8, 4) is 0 Å². The van der Waals surface area contributed by atoms with E-state index in [2.05, 4.69) is 5.32 Å². The van der Waals surface area contributed by atoms with Crippen LogP contribution < -0.4 is 5.32 Å². The van der Waals surface area contributed by atoms with Gasteiger partial charge in [0.05, 0.1) is 0 Å². The Balaban J connectivity index is 2.78. The number of carbonyl (C=O) groups is 2. The Hall–Kier alpha value is -1.26. The first-order valence-corrected chi connectivity index (χ1v) is 6.77. The molecule has 0 aromatic carbocycles. The molecule has 0 aromatic rings. The van der Waals surface area contributed by atoms with E-state index in [1.165, 1.54) is 4.90 Å². The quantitative estimate of drug-likeness (QED) is 0.810. The molecule has 0 saturated carbocycles. The van der Waals surface area contributed by atoms with Crippen LogP contribution in [-0.4, -0.2) is 40.1 Å². The van der Waals surface area contributed by atoms with Crippen molar-refractivity contribution >= 4 is 12.0 Å². The van der Waals surface area contributed by atoms with E-state index < -0.39 is 11.5 Å². The molecule has 1 unspecified atom stereocenters. The average Bonchev–Trinajstić information content (AvgIpc) is 2.36. The molecule has 1 atom stereocenters. The lowest BCUT2D eigenvalue weighted by molar-refractivity contribution is -0.150.